The van der Waals surface area contributed by atoms with Crippen molar-refractivity contribution in [2.75, 3.05) is 6.54 Å². The minimum Gasteiger partial charge on any atom is -0.352 e. The zero-order valence-electron chi connectivity index (χ0n) is 17.3. The first-order valence-corrected chi connectivity index (χ1v) is 10.9. The van der Waals surface area contributed by atoms with E-state index in [1.807, 2.05) is 53.4 Å². The van der Waals surface area contributed by atoms with E-state index < -0.39 is 0 Å². The van der Waals surface area contributed by atoms with Crippen LogP contribution in [-0.4, -0.2) is 23.3 Å². The van der Waals surface area contributed by atoms with Crippen LogP contribution in [0.15, 0.2) is 78.9 Å². The molecule has 3 aromatic rings. The van der Waals surface area contributed by atoms with Crippen molar-refractivity contribution in [2.45, 2.75) is 31.8 Å². The van der Waals surface area contributed by atoms with Crippen molar-refractivity contribution in [3.05, 3.63) is 106 Å². The SMILES string of the molecule is O=C(CCC(=O)N1CCc2ccccc2C1c1ccccc1)NCc1ccccc1Cl. The van der Waals surface area contributed by atoms with Gasteiger partial charge in [-0.3, -0.25) is 9.59 Å². The van der Waals surface area contributed by atoms with Crippen LogP contribution in [0.1, 0.15) is 41.1 Å². The van der Waals surface area contributed by atoms with Crippen molar-refractivity contribution < 1.29 is 9.59 Å². The maximum absolute atomic E-state index is 13.1. The van der Waals surface area contributed by atoms with Crippen LogP contribution in [0.3, 0.4) is 0 Å². The van der Waals surface area contributed by atoms with Crippen LogP contribution in [0.25, 0.3) is 0 Å². The average molecular weight is 433 g/mol. The third-order valence-electron chi connectivity index (χ3n) is 5.72. The number of hydrogen-bond donors (Lipinski definition) is 1. The molecule has 0 aliphatic carbocycles. The number of benzene rings is 3. The Kier molecular flexibility index (Phi) is 6.68. The summed E-state index contributed by atoms with van der Waals surface area (Å²) in [5, 5.41) is 3.48. The average Bonchev–Trinajstić information content (AvgIpc) is 2.81. The van der Waals surface area contributed by atoms with Crippen LogP contribution in [0, 0.1) is 0 Å². The van der Waals surface area contributed by atoms with Gasteiger partial charge in [0.15, 0.2) is 0 Å². The number of carbonyl (C=O) groups excluding carboxylic acids is 2. The number of hydrogen-bond acceptors (Lipinski definition) is 2. The molecule has 1 aliphatic rings. The molecule has 1 unspecified atom stereocenters. The second kappa shape index (κ2) is 9.80. The van der Waals surface area contributed by atoms with E-state index in [0.717, 1.165) is 23.1 Å². The molecule has 1 heterocycles. The zero-order chi connectivity index (χ0) is 21.6. The number of carbonyl (C=O) groups is 2. The highest BCUT2D eigenvalue weighted by Gasteiger charge is 2.31. The van der Waals surface area contributed by atoms with Crippen LogP contribution >= 0.6 is 11.6 Å². The molecule has 0 aromatic heterocycles. The quantitative estimate of drug-likeness (QED) is 0.601. The van der Waals surface area contributed by atoms with Crippen LogP contribution < -0.4 is 5.32 Å². The van der Waals surface area contributed by atoms with Crippen LogP contribution in [0.5, 0.6) is 0 Å². The number of halogens is 1. The van der Waals surface area contributed by atoms with E-state index in [1.165, 1.54) is 5.56 Å². The first kappa shape index (κ1) is 21.1. The highest BCUT2D eigenvalue weighted by molar-refractivity contribution is 6.31. The highest BCUT2D eigenvalue weighted by atomic mass is 35.5. The molecule has 1 aliphatic heterocycles. The van der Waals surface area contributed by atoms with Gasteiger partial charge in [0.1, 0.15) is 0 Å². The van der Waals surface area contributed by atoms with Gasteiger partial charge in [0.25, 0.3) is 0 Å². The van der Waals surface area contributed by atoms with E-state index in [0.29, 0.717) is 18.1 Å². The maximum Gasteiger partial charge on any atom is 0.223 e. The van der Waals surface area contributed by atoms with Crippen molar-refractivity contribution in [2.24, 2.45) is 0 Å². The lowest BCUT2D eigenvalue weighted by Gasteiger charge is -2.38. The molecule has 0 saturated heterocycles. The summed E-state index contributed by atoms with van der Waals surface area (Å²) >= 11 is 6.14. The van der Waals surface area contributed by atoms with E-state index >= 15 is 0 Å². The molecule has 2 amide bonds. The summed E-state index contributed by atoms with van der Waals surface area (Å²) in [4.78, 5) is 27.4. The van der Waals surface area contributed by atoms with Gasteiger partial charge < -0.3 is 10.2 Å². The smallest absolute Gasteiger partial charge is 0.223 e. The molecule has 1 N–H and O–H groups in total. The minimum absolute atomic E-state index is 0.00347. The summed E-state index contributed by atoms with van der Waals surface area (Å²) in [6, 6.07) is 25.7. The number of nitrogens with zero attached hydrogens (tertiary/aromatic N) is 1. The fraction of sp³-hybridized carbons (Fsp3) is 0.231. The van der Waals surface area contributed by atoms with Gasteiger partial charge in [0, 0.05) is 31.0 Å². The van der Waals surface area contributed by atoms with Crippen molar-refractivity contribution in [3.63, 3.8) is 0 Å². The first-order valence-electron chi connectivity index (χ1n) is 10.6. The molecular formula is C26H25ClN2O2. The van der Waals surface area contributed by atoms with Crippen LogP contribution in [0.4, 0.5) is 0 Å². The number of nitrogens with one attached hydrogen (secondary N) is 1. The first-order chi connectivity index (χ1) is 15.1. The van der Waals surface area contributed by atoms with Crippen molar-refractivity contribution in [3.8, 4) is 0 Å². The second-order valence-electron chi connectivity index (χ2n) is 7.72. The molecular weight excluding hydrogens is 408 g/mol. The third-order valence-corrected chi connectivity index (χ3v) is 6.09. The number of rotatable bonds is 6. The summed E-state index contributed by atoms with van der Waals surface area (Å²) in [7, 11) is 0. The van der Waals surface area contributed by atoms with Gasteiger partial charge in [0.2, 0.25) is 11.8 Å². The van der Waals surface area contributed by atoms with Gasteiger partial charge in [-0.05, 0) is 34.7 Å². The molecule has 0 radical (unpaired) electrons. The van der Waals surface area contributed by atoms with Gasteiger partial charge in [0.05, 0.1) is 6.04 Å². The Balaban J connectivity index is 1.42. The van der Waals surface area contributed by atoms with E-state index in [4.69, 9.17) is 11.6 Å². The Hall–Kier alpha value is -3.11. The van der Waals surface area contributed by atoms with Crippen LogP contribution in [0.2, 0.25) is 5.02 Å². The topological polar surface area (TPSA) is 49.4 Å². The Morgan fingerprint density at radius 3 is 2.42 bits per heavy atom. The Morgan fingerprint density at radius 1 is 0.903 bits per heavy atom. The second-order valence-corrected chi connectivity index (χ2v) is 8.12. The van der Waals surface area contributed by atoms with Crippen molar-refractivity contribution >= 4 is 23.4 Å². The Bertz CT molecular complexity index is 1070. The molecule has 31 heavy (non-hydrogen) atoms. The van der Waals surface area contributed by atoms with E-state index in [-0.39, 0.29) is 30.7 Å². The number of amides is 2. The maximum atomic E-state index is 13.1. The van der Waals surface area contributed by atoms with Gasteiger partial charge in [-0.15, -0.1) is 0 Å². The molecule has 5 heteroatoms. The fourth-order valence-corrected chi connectivity index (χ4v) is 4.32. The van der Waals surface area contributed by atoms with Gasteiger partial charge in [-0.2, -0.15) is 0 Å². The van der Waals surface area contributed by atoms with Crippen molar-refractivity contribution in [1.82, 2.24) is 10.2 Å². The normalized spacial score (nSPS) is 15.3. The summed E-state index contributed by atoms with van der Waals surface area (Å²) in [5.41, 5.74) is 4.39. The molecule has 4 rings (SSSR count). The zero-order valence-corrected chi connectivity index (χ0v) is 18.0. The molecule has 0 bridgehead atoms. The van der Waals surface area contributed by atoms with Gasteiger partial charge in [-0.1, -0.05) is 84.4 Å². The molecule has 158 valence electrons. The summed E-state index contributed by atoms with van der Waals surface area (Å²) in [5.74, 6) is -0.154. The summed E-state index contributed by atoms with van der Waals surface area (Å²) < 4.78 is 0. The lowest BCUT2D eigenvalue weighted by Crippen LogP contribution is -2.41. The van der Waals surface area contributed by atoms with E-state index in [9.17, 15) is 9.59 Å². The Labute approximate surface area is 187 Å². The predicted molar refractivity (Wildman–Crippen MR) is 123 cm³/mol. The van der Waals surface area contributed by atoms with Gasteiger partial charge >= 0.3 is 0 Å². The number of fused-ring (bicyclic) bond motifs is 1. The highest BCUT2D eigenvalue weighted by Crippen LogP contribution is 2.35. The summed E-state index contributed by atoms with van der Waals surface area (Å²) in [6.07, 6.45) is 1.16. The third kappa shape index (κ3) is 4.97. The van der Waals surface area contributed by atoms with Crippen LogP contribution in [-0.2, 0) is 22.6 Å². The van der Waals surface area contributed by atoms with E-state index in [2.05, 4.69) is 29.6 Å². The monoisotopic (exact) mass is 432 g/mol. The lowest BCUT2D eigenvalue weighted by molar-refractivity contribution is -0.135. The fourth-order valence-electron chi connectivity index (χ4n) is 4.12. The predicted octanol–water partition coefficient (Wildman–Crippen LogP) is 4.91. The molecule has 4 nitrogen and oxygen atoms in total. The van der Waals surface area contributed by atoms with E-state index in [1.54, 1.807) is 6.07 Å². The molecule has 0 spiro atoms. The minimum atomic E-state index is -0.151. The molecule has 0 fully saturated rings. The van der Waals surface area contributed by atoms with Crippen molar-refractivity contribution in [1.29, 1.82) is 0 Å². The standard InChI is InChI=1S/C26H25ClN2O2/c27-23-13-7-5-11-21(23)18-28-24(30)14-15-25(31)29-17-16-19-8-4-6-12-22(19)26(29)20-9-2-1-3-10-20/h1-13,26H,14-18H2,(H,28,30). The lowest BCUT2D eigenvalue weighted by atomic mass is 9.88. The molecule has 3 aromatic carbocycles. The van der Waals surface area contributed by atoms with Gasteiger partial charge in [-0.25, -0.2) is 0 Å². The molecule has 1 atom stereocenters. The molecule has 0 saturated carbocycles. The largest absolute Gasteiger partial charge is 0.352 e. The summed E-state index contributed by atoms with van der Waals surface area (Å²) in [6.45, 7) is 1.01. The Morgan fingerprint density at radius 2 is 1.61 bits per heavy atom.